The van der Waals surface area contributed by atoms with Gasteiger partial charge in [0.05, 0.1) is 17.1 Å². The second-order valence-corrected chi connectivity index (χ2v) is 7.46. The summed E-state index contributed by atoms with van der Waals surface area (Å²) in [5.41, 5.74) is 6.06. The molecule has 5 heteroatoms. The molecule has 0 aromatic heterocycles. The van der Waals surface area contributed by atoms with Crippen LogP contribution in [-0.2, 0) is 15.4 Å². The first-order valence-corrected chi connectivity index (χ1v) is 7.93. The van der Waals surface area contributed by atoms with E-state index in [1.54, 1.807) is 19.1 Å². The minimum atomic E-state index is -2.91. The average molecular weight is 269 g/mol. The van der Waals surface area contributed by atoms with Gasteiger partial charge >= 0.3 is 0 Å². The Morgan fingerprint density at radius 1 is 1.28 bits per heavy atom. The van der Waals surface area contributed by atoms with Gasteiger partial charge in [-0.05, 0) is 31.7 Å². The van der Waals surface area contributed by atoms with Gasteiger partial charge in [-0.3, -0.25) is 0 Å². The van der Waals surface area contributed by atoms with Crippen molar-refractivity contribution in [2.24, 2.45) is 5.92 Å². The van der Waals surface area contributed by atoms with Crippen molar-refractivity contribution in [1.29, 1.82) is 0 Å². The van der Waals surface area contributed by atoms with E-state index < -0.39 is 15.4 Å². The Labute approximate surface area is 108 Å². The third-order valence-electron chi connectivity index (χ3n) is 3.86. The molecular weight excluding hydrogens is 250 g/mol. The average Bonchev–Trinajstić information content (AvgIpc) is 2.28. The second kappa shape index (κ2) is 4.55. The summed E-state index contributed by atoms with van der Waals surface area (Å²) in [6.07, 6.45) is 0.979. The molecule has 1 atom stereocenters. The molecule has 100 valence electrons. The summed E-state index contributed by atoms with van der Waals surface area (Å²) >= 11 is 0. The van der Waals surface area contributed by atoms with Crippen LogP contribution in [0.4, 0.5) is 5.69 Å². The Kier molecular flexibility index (Phi) is 3.38. The number of sulfone groups is 1. The van der Waals surface area contributed by atoms with Gasteiger partial charge in [0, 0.05) is 11.3 Å². The summed E-state index contributed by atoms with van der Waals surface area (Å²) in [4.78, 5) is 0. The van der Waals surface area contributed by atoms with Crippen LogP contribution in [0.2, 0.25) is 0 Å². The standard InChI is InChI=1S/C13H19NO3S/c1-13(15,11-4-2-3-5-12(11)14)10-6-8-18(16,17)9-7-10/h2-5,10,15H,6-9,14H2,1H3. The fourth-order valence-electron chi connectivity index (χ4n) is 2.63. The fraction of sp³-hybridized carbons (Fsp3) is 0.538. The van der Waals surface area contributed by atoms with Crippen molar-refractivity contribution in [2.45, 2.75) is 25.4 Å². The molecule has 0 bridgehead atoms. The van der Waals surface area contributed by atoms with Crippen molar-refractivity contribution in [3.63, 3.8) is 0 Å². The molecular formula is C13H19NO3S. The lowest BCUT2D eigenvalue weighted by Crippen LogP contribution is -2.38. The van der Waals surface area contributed by atoms with Crippen LogP contribution in [0.3, 0.4) is 0 Å². The van der Waals surface area contributed by atoms with Gasteiger partial charge in [0.15, 0.2) is 0 Å². The Bertz CT molecular complexity index is 523. The van der Waals surface area contributed by atoms with Crippen molar-refractivity contribution < 1.29 is 13.5 Å². The Hall–Kier alpha value is -1.07. The van der Waals surface area contributed by atoms with E-state index in [-0.39, 0.29) is 17.4 Å². The molecule has 0 spiro atoms. The number of nitrogen functional groups attached to an aromatic ring is 1. The predicted molar refractivity (Wildman–Crippen MR) is 71.8 cm³/mol. The quantitative estimate of drug-likeness (QED) is 0.793. The first-order valence-electron chi connectivity index (χ1n) is 6.11. The zero-order chi connectivity index (χ0) is 13.4. The van der Waals surface area contributed by atoms with Crippen LogP contribution in [0.5, 0.6) is 0 Å². The summed E-state index contributed by atoms with van der Waals surface area (Å²) in [5, 5.41) is 10.7. The number of hydrogen-bond acceptors (Lipinski definition) is 4. The van der Waals surface area contributed by atoms with Crippen molar-refractivity contribution in [1.82, 2.24) is 0 Å². The fourth-order valence-corrected chi connectivity index (χ4v) is 4.12. The third kappa shape index (κ3) is 2.52. The summed E-state index contributed by atoms with van der Waals surface area (Å²) in [7, 11) is -2.91. The first-order chi connectivity index (χ1) is 8.33. The van der Waals surface area contributed by atoms with E-state index in [2.05, 4.69) is 0 Å². The summed E-state index contributed by atoms with van der Waals surface area (Å²) in [6, 6.07) is 7.21. The highest BCUT2D eigenvalue weighted by atomic mass is 32.2. The Morgan fingerprint density at radius 2 is 1.83 bits per heavy atom. The van der Waals surface area contributed by atoms with Gasteiger partial charge in [0.25, 0.3) is 0 Å². The highest BCUT2D eigenvalue weighted by Gasteiger charge is 2.38. The minimum absolute atomic E-state index is 0.0641. The molecule has 2 rings (SSSR count). The van der Waals surface area contributed by atoms with Crippen LogP contribution in [0.1, 0.15) is 25.3 Å². The Morgan fingerprint density at radius 3 is 2.39 bits per heavy atom. The topological polar surface area (TPSA) is 80.4 Å². The normalized spacial score (nSPS) is 23.4. The smallest absolute Gasteiger partial charge is 0.150 e. The van der Waals surface area contributed by atoms with Crippen LogP contribution in [-0.4, -0.2) is 25.0 Å². The predicted octanol–water partition coefficient (Wildman–Crippen LogP) is 1.30. The van der Waals surface area contributed by atoms with E-state index in [9.17, 15) is 13.5 Å². The Balaban J connectivity index is 2.25. The lowest BCUT2D eigenvalue weighted by atomic mass is 9.79. The van der Waals surface area contributed by atoms with Crippen LogP contribution < -0.4 is 5.73 Å². The molecule has 1 fully saturated rings. The maximum atomic E-state index is 11.4. The van der Waals surface area contributed by atoms with E-state index in [0.717, 1.165) is 0 Å². The zero-order valence-electron chi connectivity index (χ0n) is 10.5. The van der Waals surface area contributed by atoms with Crippen molar-refractivity contribution in [3.8, 4) is 0 Å². The largest absolute Gasteiger partial charge is 0.398 e. The number of anilines is 1. The molecule has 0 saturated carbocycles. The van der Waals surface area contributed by atoms with Crippen molar-refractivity contribution in [2.75, 3.05) is 17.2 Å². The number of nitrogens with two attached hydrogens (primary N) is 1. The van der Waals surface area contributed by atoms with Gasteiger partial charge in [-0.1, -0.05) is 18.2 Å². The summed E-state index contributed by atoms with van der Waals surface area (Å²) in [5.74, 6) is 0.243. The van der Waals surface area contributed by atoms with E-state index in [4.69, 9.17) is 5.73 Å². The van der Waals surface area contributed by atoms with Gasteiger partial charge in [0.2, 0.25) is 0 Å². The molecule has 0 aliphatic carbocycles. The summed E-state index contributed by atoms with van der Waals surface area (Å²) < 4.78 is 22.8. The molecule has 1 heterocycles. The first kappa shape index (κ1) is 13.4. The molecule has 1 aromatic carbocycles. The van der Waals surface area contributed by atoms with Crippen molar-refractivity contribution in [3.05, 3.63) is 29.8 Å². The van der Waals surface area contributed by atoms with E-state index in [1.807, 2.05) is 12.1 Å². The maximum absolute atomic E-state index is 11.4. The van der Waals surface area contributed by atoms with Gasteiger partial charge in [-0.2, -0.15) is 0 Å². The lowest BCUT2D eigenvalue weighted by Gasteiger charge is -2.36. The molecule has 4 nitrogen and oxygen atoms in total. The molecule has 3 N–H and O–H groups in total. The highest BCUT2D eigenvalue weighted by Crippen LogP contribution is 2.38. The summed E-state index contributed by atoms with van der Waals surface area (Å²) in [6.45, 7) is 1.72. The molecule has 1 saturated heterocycles. The van der Waals surface area contributed by atoms with E-state index >= 15 is 0 Å². The lowest BCUT2D eigenvalue weighted by molar-refractivity contribution is -0.00951. The van der Waals surface area contributed by atoms with Gasteiger partial charge in [0.1, 0.15) is 9.84 Å². The van der Waals surface area contributed by atoms with Crippen LogP contribution in [0, 0.1) is 5.92 Å². The van der Waals surface area contributed by atoms with E-state index in [1.165, 1.54) is 0 Å². The van der Waals surface area contributed by atoms with Gasteiger partial charge < -0.3 is 10.8 Å². The molecule has 18 heavy (non-hydrogen) atoms. The number of para-hydroxylation sites is 1. The number of rotatable bonds is 2. The SMILES string of the molecule is CC(O)(c1ccccc1N)C1CCS(=O)(=O)CC1. The molecule has 0 radical (unpaired) electrons. The van der Waals surface area contributed by atoms with Crippen LogP contribution >= 0.6 is 0 Å². The number of benzene rings is 1. The molecule has 1 unspecified atom stereocenters. The van der Waals surface area contributed by atoms with Crippen LogP contribution in [0.25, 0.3) is 0 Å². The van der Waals surface area contributed by atoms with Crippen molar-refractivity contribution >= 4 is 15.5 Å². The number of aliphatic hydroxyl groups is 1. The molecule has 1 aliphatic heterocycles. The molecule has 1 aliphatic rings. The zero-order valence-corrected chi connectivity index (χ0v) is 11.3. The highest BCUT2D eigenvalue weighted by molar-refractivity contribution is 7.91. The second-order valence-electron chi connectivity index (χ2n) is 5.16. The monoisotopic (exact) mass is 269 g/mol. The molecule has 0 amide bonds. The number of hydrogen-bond donors (Lipinski definition) is 2. The third-order valence-corrected chi connectivity index (χ3v) is 5.57. The minimum Gasteiger partial charge on any atom is -0.398 e. The van der Waals surface area contributed by atoms with Gasteiger partial charge in [-0.15, -0.1) is 0 Å². The van der Waals surface area contributed by atoms with Crippen LogP contribution in [0.15, 0.2) is 24.3 Å². The maximum Gasteiger partial charge on any atom is 0.150 e. The van der Waals surface area contributed by atoms with E-state index in [0.29, 0.717) is 24.1 Å². The van der Waals surface area contributed by atoms with Gasteiger partial charge in [-0.25, -0.2) is 8.42 Å². The molecule has 1 aromatic rings.